The first-order chi connectivity index (χ1) is 11.6. The Hall–Kier alpha value is -2.19. The molecule has 0 aliphatic carbocycles. The first kappa shape index (κ1) is 16.7. The predicted octanol–water partition coefficient (Wildman–Crippen LogP) is 0.899. The third kappa shape index (κ3) is 4.42. The van der Waals surface area contributed by atoms with Crippen molar-refractivity contribution in [2.75, 3.05) is 26.3 Å². The zero-order valence-electron chi connectivity index (χ0n) is 14.0. The van der Waals surface area contributed by atoms with Crippen LogP contribution in [0.2, 0.25) is 0 Å². The van der Waals surface area contributed by atoms with Crippen molar-refractivity contribution in [3.05, 3.63) is 35.0 Å². The minimum atomic E-state index is -0.230. The lowest BCUT2D eigenvalue weighted by atomic mass is 10.1. The number of aryl methyl sites for hydroxylation is 1. The van der Waals surface area contributed by atoms with Crippen molar-refractivity contribution >= 4 is 5.91 Å². The highest BCUT2D eigenvalue weighted by Gasteiger charge is 2.18. The number of morpholine rings is 1. The van der Waals surface area contributed by atoms with Crippen LogP contribution in [-0.4, -0.2) is 58.5 Å². The number of ether oxygens (including phenoxy) is 1. The molecule has 1 saturated heterocycles. The van der Waals surface area contributed by atoms with Crippen LogP contribution in [0.25, 0.3) is 0 Å². The molecule has 0 saturated carbocycles. The number of aromatic nitrogens is 3. The molecule has 1 fully saturated rings. The smallest absolute Gasteiger partial charge is 0.273 e. The summed E-state index contributed by atoms with van der Waals surface area (Å²) in [6.45, 7) is 7.72. The van der Waals surface area contributed by atoms with E-state index in [9.17, 15) is 4.79 Å². The third-order valence-electron chi connectivity index (χ3n) is 3.93. The Morgan fingerprint density at radius 3 is 2.92 bits per heavy atom. The average Bonchev–Trinajstić information content (AvgIpc) is 3.17. The molecule has 0 aromatic carbocycles. The molecule has 2 aromatic rings. The van der Waals surface area contributed by atoms with Crippen molar-refractivity contribution in [2.45, 2.75) is 32.9 Å². The molecular formula is C16H23N5O3. The van der Waals surface area contributed by atoms with Crippen LogP contribution in [0.5, 0.6) is 0 Å². The number of hydrogen-bond donors (Lipinski definition) is 2. The van der Waals surface area contributed by atoms with Gasteiger partial charge < -0.3 is 14.6 Å². The molecular weight excluding hydrogens is 310 g/mol. The minimum Gasteiger partial charge on any atom is -0.379 e. The number of H-pyrrole nitrogens is 1. The minimum absolute atomic E-state index is 0.0420. The lowest BCUT2D eigenvalue weighted by Gasteiger charge is -2.25. The van der Waals surface area contributed by atoms with Crippen LogP contribution in [0.15, 0.2) is 16.7 Å². The Morgan fingerprint density at radius 1 is 1.42 bits per heavy atom. The summed E-state index contributed by atoms with van der Waals surface area (Å²) in [6, 6.07) is 3.63. The summed E-state index contributed by atoms with van der Waals surface area (Å²) >= 11 is 0. The first-order valence-corrected chi connectivity index (χ1v) is 8.17. The number of aromatic amines is 1. The van der Waals surface area contributed by atoms with Gasteiger partial charge in [0.05, 0.1) is 25.5 Å². The number of carbonyl (C=O) groups excluding carboxylic acids is 1. The van der Waals surface area contributed by atoms with Gasteiger partial charge in [0.25, 0.3) is 5.91 Å². The van der Waals surface area contributed by atoms with Crippen LogP contribution in [0.3, 0.4) is 0 Å². The molecule has 0 bridgehead atoms. The summed E-state index contributed by atoms with van der Waals surface area (Å²) in [5.41, 5.74) is 2.24. The number of hydrogen-bond acceptors (Lipinski definition) is 6. The Kier molecular flexibility index (Phi) is 5.27. The molecule has 0 spiro atoms. The normalized spacial score (nSPS) is 16.9. The molecule has 8 nitrogen and oxygen atoms in total. The molecule has 8 heteroatoms. The molecule has 1 aliphatic rings. The number of carbonyl (C=O) groups is 1. The highest BCUT2D eigenvalue weighted by atomic mass is 16.5. The maximum Gasteiger partial charge on any atom is 0.273 e. The van der Waals surface area contributed by atoms with Crippen LogP contribution in [0, 0.1) is 6.92 Å². The van der Waals surface area contributed by atoms with E-state index in [4.69, 9.17) is 9.26 Å². The average molecular weight is 333 g/mol. The van der Waals surface area contributed by atoms with Crippen LogP contribution in [-0.2, 0) is 17.7 Å². The van der Waals surface area contributed by atoms with E-state index in [0.29, 0.717) is 24.4 Å². The topological polar surface area (TPSA) is 96.3 Å². The van der Waals surface area contributed by atoms with Crippen LogP contribution < -0.4 is 5.32 Å². The Balaban J connectivity index is 1.51. The summed E-state index contributed by atoms with van der Waals surface area (Å²) in [7, 11) is 0. The fourth-order valence-electron chi connectivity index (χ4n) is 2.72. The lowest BCUT2D eigenvalue weighted by Crippen LogP contribution is -2.35. The van der Waals surface area contributed by atoms with Crippen LogP contribution in [0.1, 0.15) is 34.6 Å². The number of nitrogens with zero attached hydrogens (tertiary/aromatic N) is 3. The van der Waals surface area contributed by atoms with E-state index in [1.54, 1.807) is 6.07 Å². The molecule has 3 rings (SSSR count). The van der Waals surface area contributed by atoms with Gasteiger partial charge in [-0.05, 0) is 19.9 Å². The largest absolute Gasteiger partial charge is 0.379 e. The van der Waals surface area contributed by atoms with Gasteiger partial charge in [-0.25, -0.2) is 0 Å². The van der Waals surface area contributed by atoms with Gasteiger partial charge in [-0.2, -0.15) is 5.10 Å². The van der Waals surface area contributed by atoms with Crippen molar-refractivity contribution in [2.24, 2.45) is 0 Å². The van der Waals surface area contributed by atoms with Crippen molar-refractivity contribution in [1.29, 1.82) is 0 Å². The van der Waals surface area contributed by atoms with E-state index < -0.39 is 0 Å². The zero-order valence-corrected chi connectivity index (χ0v) is 14.0. The van der Waals surface area contributed by atoms with Crippen molar-refractivity contribution < 1.29 is 14.1 Å². The third-order valence-corrected chi connectivity index (χ3v) is 3.93. The number of amides is 1. The summed E-state index contributed by atoms with van der Waals surface area (Å²) < 4.78 is 10.6. The molecule has 130 valence electrons. The number of nitrogens with one attached hydrogen (secondary N) is 2. The Morgan fingerprint density at radius 2 is 2.21 bits per heavy atom. The van der Waals surface area contributed by atoms with Gasteiger partial charge in [0.15, 0.2) is 11.5 Å². The van der Waals surface area contributed by atoms with E-state index in [1.807, 2.05) is 19.9 Å². The molecule has 3 heterocycles. The monoisotopic (exact) mass is 333 g/mol. The Bertz CT molecular complexity index is 675. The fourth-order valence-corrected chi connectivity index (χ4v) is 2.72. The van der Waals surface area contributed by atoms with E-state index in [0.717, 1.165) is 37.7 Å². The maximum atomic E-state index is 12.3. The van der Waals surface area contributed by atoms with E-state index in [2.05, 4.69) is 25.6 Å². The fraction of sp³-hybridized carbons (Fsp3) is 0.562. The summed E-state index contributed by atoms with van der Waals surface area (Å²) in [5, 5.41) is 13.9. The van der Waals surface area contributed by atoms with Crippen LogP contribution in [0.4, 0.5) is 0 Å². The van der Waals surface area contributed by atoms with Gasteiger partial charge in [-0.15, -0.1) is 0 Å². The van der Waals surface area contributed by atoms with Crippen molar-refractivity contribution in [3.63, 3.8) is 0 Å². The highest BCUT2D eigenvalue weighted by molar-refractivity contribution is 5.92. The van der Waals surface area contributed by atoms with E-state index in [1.165, 1.54) is 0 Å². The summed E-state index contributed by atoms with van der Waals surface area (Å²) in [5.74, 6) is 0.462. The molecule has 2 aromatic heterocycles. The Labute approximate surface area is 140 Å². The molecule has 2 N–H and O–H groups in total. The predicted molar refractivity (Wildman–Crippen MR) is 86.6 cm³/mol. The van der Waals surface area contributed by atoms with E-state index >= 15 is 0 Å². The SMILES string of the molecule is Cc1cc(CC(C)NC(=O)c2cc(CN3CCOCC3)on2)n[nH]1. The standard InChI is InChI=1S/C16H23N5O3/c1-11(7-13-8-12(2)18-19-13)17-16(22)15-9-14(24-20-15)10-21-3-5-23-6-4-21/h8-9,11H,3-7,10H2,1-2H3,(H,17,22)(H,18,19). The second kappa shape index (κ2) is 7.59. The van der Waals surface area contributed by atoms with Gasteiger partial charge in [0.1, 0.15) is 0 Å². The molecule has 0 radical (unpaired) electrons. The van der Waals surface area contributed by atoms with Gasteiger partial charge in [-0.3, -0.25) is 14.8 Å². The number of rotatable bonds is 6. The van der Waals surface area contributed by atoms with Gasteiger partial charge in [0, 0.05) is 37.3 Å². The second-order valence-corrected chi connectivity index (χ2v) is 6.19. The molecule has 1 unspecified atom stereocenters. The second-order valence-electron chi connectivity index (χ2n) is 6.19. The molecule has 24 heavy (non-hydrogen) atoms. The van der Waals surface area contributed by atoms with Crippen LogP contribution >= 0.6 is 0 Å². The zero-order chi connectivity index (χ0) is 16.9. The lowest BCUT2D eigenvalue weighted by molar-refractivity contribution is 0.0305. The van der Waals surface area contributed by atoms with Crippen molar-refractivity contribution in [3.8, 4) is 0 Å². The summed E-state index contributed by atoms with van der Waals surface area (Å²) in [4.78, 5) is 14.5. The maximum absolute atomic E-state index is 12.3. The van der Waals surface area contributed by atoms with Crippen molar-refractivity contribution in [1.82, 2.24) is 25.6 Å². The quantitative estimate of drug-likeness (QED) is 0.815. The first-order valence-electron chi connectivity index (χ1n) is 8.17. The van der Waals surface area contributed by atoms with E-state index in [-0.39, 0.29) is 11.9 Å². The summed E-state index contributed by atoms with van der Waals surface area (Å²) in [6.07, 6.45) is 0.661. The van der Waals surface area contributed by atoms with Gasteiger partial charge in [-0.1, -0.05) is 5.16 Å². The molecule has 1 atom stereocenters. The van der Waals surface area contributed by atoms with Gasteiger partial charge in [0.2, 0.25) is 0 Å². The highest BCUT2D eigenvalue weighted by Crippen LogP contribution is 2.10. The van der Waals surface area contributed by atoms with Gasteiger partial charge >= 0.3 is 0 Å². The molecule has 1 aliphatic heterocycles. The molecule has 1 amide bonds.